The Labute approximate surface area is 115 Å². The molecule has 1 amide bonds. The summed E-state index contributed by atoms with van der Waals surface area (Å²) in [5.41, 5.74) is 1.53. The van der Waals surface area contributed by atoms with E-state index in [0.29, 0.717) is 10.6 Å². The molecule has 0 aliphatic heterocycles. The van der Waals surface area contributed by atoms with Gasteiger partial charge in [-0.2, -0.15) is 0 Å². The van der Waals surface area contributed by atoms with Crippen molar-refractivity contribution in [1.82, 2.24) is 10.3 Å². The second-order valence-electron chi connectivity index (χ2n) is 4.57. The number of hydrogen-bond donors (Lipinski definition) is 1. The highest BCUT2D eigenvalue weighted by molar-refractivity contribution is 6.33. The Morgan fingerprint density at radius 1 is 1.47 bits per heavy atom. The average molecular weight is 277 g/mol. The summed E-state index contributed by atoms with van der Waals surface area (Å²) in [7, 11) is 0. The largest absolute Gasteiger partial charge is 0.469 e. The first-order chi connectivity index (χ1) is 9.25. The van der Waals surface area contributed by atoms with Crippen LogP contribution < -0.4 is 5.32 Å². The van der Waals surface area contributed by atoms with Crippen molar-refractivity contribution in [3.8, 4) is 0 Å². The minimum Gasteiger partial charge on any atom is -0.469 e. The highest BCUT2D eigenvalue weighted by Crippen LogP contribution is 2.30. The Morgan fingerprint density at radius 2 is 2.37 bits per heavy atom. The SMILES string of the molecule is O=C(NC1CCCc2occc21)c1ccncc1Cl. The third kappa shape index (κ3) is 2.36. The van der Waals surface area contributed by atoms with Crippen LogP contribution in [-0.2, 0) is 6.42 Å². The van der Waals surface area contributed by atoms with Gasteiger partial charge < -0.3 is 9.73 Å². The van der Waals surface area contributed by atoms with E-state index in [9.17, 15) is 4.79 Å². The number of carbonyl (C=O) groups excluding carboxylic acids is 1. The zero-order valence-corrected chi connectivity index (χ0v) is 11.0. The average Bonchev–Trinajstić information content (AvgIpc) is 2.88. The molecule has 1 aliphatic carbocycles. The molecule has 4 nitrogen and oxygen atoms in total. The maximum absolute atomic E-state index is 12.2. The number of aryl methyl sites for hydroxylation is 1. The van der Waals surface area contributed by atoms with Crippen LogP contribution in [0.25, 0.3) is 0 Å². The molecular formula is C14H13ClN2O2. The van der Waals surface area contributed by atoms with Crippen LogP contribution in [-0.4, -0.2) is 10.9 Å². The van der Waals surface area contributed by atoms with Crippen LogP contribution in [0.3, 0.4) is 0 Å². The van der Waals surface area contributed by atoms with Gasteiger partial charge in [0.05, 0.1) is 22.9 Å². The van der Waals surface area contributed by atoms with Crippen LogP contribution in [0.2, 0.25) is 5.02 Å². The van der Waals surface area contributed by atoms with E-state index < -0.39 is 0 Å². The molecule has 2 aromatic heterocycles. The third-order valence-corrected chi connectivity index (χ3v) is 3.68. The molecule has 1 unspecified atom stereocenters. The van der Waals surface area contributed by atoms with Crippen molar-refractivity contribution >= 4 is 17.5 Å². The monoisotopic (exact) mass is 276 g/mol. The summed E-state index contributed by atoms with van der Waals surface area (Å²) in [6.45, 7) is 0. The van der Waals surface area contributed by atoms with Crippen molar-refractivity contribution in [2.45, 2.75) is 25.3 Å². The molecule has 0 saturated carbocycles. The van der Waals surface area contributed by atoms with E-state index in [2.05, 4.69) is 10.3 Å². The molecule has 19 heavy (non-hydrogen) atoms. The molecule has 0 aromatic carbocycles. The van der Waals surface area contributed by atoms with Crippen LogP contribution in [0.15, 0.2) is 35.2 Å². The number of amides is 1. The fourth-order valence-electron chi connectivity index (χ4n) is 2.43. The zero-order chi connectivity index (χ0) is 13.2. The second kappa shape index (κ2) is 5.05. The number of nitrogens with zero attached hydrogens (tertiary/aromatic N) is 1. The summed E-state index contributed by atoms with van der Waals surface area (Å²) in [5, 5.41) is 3.37. The molecule has 2 heterocycles. The van der Waals surface area contributed by atoms with Crippen molar-refractivity contribution < 1.29 is 9.21 Å². The van der Waals surface area contributed by atoms with Crippen LogP contribution in [0.4, 0.5) is 0 Å². The van der Waals surface area contributed by atoms with Crippen LogP contribution in [0.5, 0.6) is 0 Å². The summed E-state index contributed by atoms with van der Waals surface area (Å²) in [6, 6.07) is 3.55. The lowest BCUT2D eigenvalue weighted by Gasteiger charge is -2.22. The van der Waals surface area contributed by atoms with Crippen molar-refractivity contribution in [2.24, 2.45) is 0 Å². The number of carbonyl (C=O) groups is 1. The molecule has 98 valence electrons. The predicted octanol–water partition coefficient (Wildman–Crippen LogP) is 3.14. The van der Waals surface area contributed by atoms with Crippen molar-refractivity contribution in [3.63, 3.8) is 0 Å². The van der Waals surface area contributed by atoms with E-state index in [-0.39, 0.29) is 11.9 Å². The first-order valence-corrected chi connectivity index (χ1v) is 6.60. The number of nitrogens with one attached hydrogen (secondary N) is 1. The van der Waals surface area contributed by atoms with Gasteiger partial charge in [-0.25, -0.2) is 0 Å². The standard InChI is InChI=1S/C14H13ClN2O2/c15-11-8-16-6-4-9(11)14(18)17-12-2-1-3-13-10(12)5-7-19-13/h4-8,12H,1-3H2,(H,17,18). The minimum atomic E-state index is -0.175. The molecule has 2 aromatic rings. The van der Waals surface area contributed by atoms with Crippen LogP contribution in [0.1, 0.15) is 40.6 Å². The number of pyridine rings is 1. The molecule has 1 aliphatic rings. The van der Waals surface area contributed by atoms with Gasteiger partial charge in [0, 0.05) is 24.4 Å². The number of hydrogen-bond acceptors (Lipinski definition) is 3. The molecule has 1 N–H and O–H groups in total. The van der Waals surface area contributed by atoms with Crippen LogP contribution >= 0.6 is 11.6 Å². The van der Waals surface area contributed by atoms with Crippen molar-refractivity contribution in [2.75, 3.05) is 0 Å². The summed E-state index contributed by atoms with van der Waals surface area (Å²) in [5.74, 6) is 0.795. The molecule has 5 heteroatoms. The summed E-state index contributed by atoms with van der Waals surface area (Å²) < 4.78 is 5.41. The summed E-state index contributed by atoms with van der Waals surface area (Å²) in [6.07, 6.45) is 7.57. The van der Waals surface area contributed by atoms with E-state index in [4.69, 9.17) is 16.0 Å². The molecule has 0 saturated heterocycles. The number of fused-ring (bicyclic) bond motifs is 1. The number of aromatic nitrogens is 1. The van der Waals surface area contributed by atoms with Gasteiger partial charge in [0.15, 0.2) is 0 Å². The number of rotatable bonds is 2. The second-order valence-corrected chi connectivity index (χ2v) is 4.98. The Kier molecular flexibility index (Phi) is 3.25. The van der Waals surface area contributed by atoms with E-state index >= 15 is 0 Å². The minimum absolute atomic E-state index is 0.000711. The number of furan rings is 1. The first kappa shape index (κ1) is 12.2. The Balaban J connectivity index is 1.80. The topological polar surface area (TPSA) is 55.1 Å². The van der Waals surface area contributed by atoms with Crippen LogP contribution in [0, 0.1) is 0 Å². The molecular weight excluding hydrogens is 264 g/mol. The Morgan fingerprint density at radius 3 is 3.21 bits per heavy atom. The molecule has 1 atom stereocenters. The zero-order valence-electron chi connectivity index (χ0n) is 10.2. The quantitative estimate of drug-likeness (QED) is 0.917. The van der Waals surface area contributed by atoms with E-state index in [0.717, 1.165) is 30.6 Å². The molecule has 0 spiro atoms. The molecule has 0 bridgehead atoms. The predicted molar refractivity (Wildman–Crippen MR) is 71.1 cm³/mol. The lowest BCUT2D eigenvalue weighted by Crippen LogP contribution is -2.30. The highest BCUT2D eigenvalue weighted by atomic mass is 35.5. The molecule has 3 rings (SSSR count). The van der Waals surface area contributed by atoms with Gasteiger partial charge in [0.2, 0.25) is 0 Å². The lowest BCUT2D eigenvalue weighted by atomic mass is 9.93. The van der Waals surface area contributed by atoms with Crippen molar-refractivity contribution in [1.29, 1.82) is 0 Å². The Hall–Kier alpha value is -1.81. The third-order valence-electron chi connectivity index (χ3n) is 3.37. The fraction of sp³-hybridized carbons (Fsp3) is 0.286. The van der Waals surface area contributed by atoms with Gasteiger partial charge in [-0.1, -0.05) is 11.6 Å². The maximum atomic E-state index is 12.2. The normalized spacial score (nSPS) is 17.8. The smallest absolute Gasteiger partial charge is 0.253 e. The number of halogens is 1. The van der Waals surface area contributed by atoms with E-state index in [1.807, 2.05) is 6.07 Å². The van der Waals surface area contributed by atoms with Gasteiger partial charge in [-0.15, -0.1) is 0 Å². The molecule has 0 radical (unpaired) electrons. The van der Waals surface area contributed by atoms with Crippen molar-refractivity contribution in [3.05, 3.63) is 52.7 Å². The first-order valence-electron chi connectivity index (χ1n) is 6.22. The van der Waals surface area contributed by atoms with E-state index in [1.54, 1.807) is 18.5 Å². The van der Waals surface area contributed by atoms with Gasteiger partial charge in [0.1, 0.15) is 5.76 Å². The maximum Gasteiger partial charge on any atom is 0.253 e. The van der Waals surface area contributed by atoms with Gasteiger partial charge in [-0.05, 0) is 25.0 Å². The molecule has 0 fully saturated rings. The Bertz CT molecular complexity index is 609. The van der Waals surface area contributed by atoms with E-state index in [1.165, 1.54) is 6.20 Å². The van der Waals surface area contributed by atoms with Gasteiger partial charge in [0.25, 0.3) is 5.91 Å². The highest BCUT2D eigenvalue weighted by Gasteiger charge is 2.24. The van der Waals surface area contributed by atoms with Gasteiger partial charge >= 0.3 is 0 Å². The lowest BCUT2D eigenvalue weighted by molar-refractivity contribution is 0.0932. The fourth-order valence-corrected chi connectivity index (χ4v) is 2.64. The summed E-state index contributed by atoms with van der Waals surface area (Å²) in [4.78, 5) is 16.1. The summed E-state index contributed by atoms with van der Waals surface area (Å²) >= 11 is 5.97. The van der Waals surface area contributed by atoms with Gasteiger partial charge in [-0.3, -0.25) is 9.78 Å².